The van der Waals surface area contributed by atoms with Crippen LogP contribution in [0.5, 0.6) is 0 Å². The van der Waals surface area contributed by atoms with Crippen LogP contribution >= 0.6 is 0 Å². The highest BCUT2D eigenvalue weighted by Crippen LogP contribution is 2.54. The first-order chi connectivity index (χ1) is 8.93. The van der Waals surface area contributed by atoms with E-state index in [2.05, 4.69) is 26.0 Å². The number of hydrogen-bond acceptors (Lipinski definition) is 2. The Morgan fingerprint density at radius 2 is 2.11 bits per heavy atom. The number of hydrogen-bond donors (Lipinski definition) is 0. The van der Waals surface area contributed by atoms with Crippen LogP contribution < -0.4 is 0 Å². The van der Waals surface area contributed by atoms with Crippen molar-refractivity contribution in [3.8, 4) is 0 Å². The maximum Gasteiger partial charge on any atom is 0.312 e. The number of carbonyl (C=O) groups excluding carboxylic acids is 1. The van der Waals surface area contributed by atoms with Crippen molar-refractivity contribution in [2.24, 2.45) is 17.3 Å². The molecular formula is C17H28O2. The molecule has 19 heavy (non-hydrogen) atoms. The van der Waals surface area contributed by atoms with Gasteiger partial charge in [-0.1, -0.05) is 19.9 Å². The Balaban J connectivity index is 2.16. The first kappa shape index (κ1) is 14.6. The molecule has 2 aliphatic rings. The SMILES string of the molecule is CC/C=C/C1(OC(=O)C(C)(C)CC)CC2CCC1C2. The third-order valence-corrected chi connectivity index (χ3v) is 5.19. The van der Waals surface area contributed by atoms with E-state index in [1.807, 2.05) is 13.8 Å². The van der Waals surface area contributed by atoms with Gasteiger partial charge in [0.15, 0.2) is 0 Å². The molecule has 0 aliphatic heterocycles. The van der Waals surface area contributed by atoms with Crippen LogP contribution in [0.1, 0.15) is 66.2 Å². The van der Waals surface area contributed by atoms with Crippen molar-refractivity contribution in [1.29, 1.82) is 0 Å². The van der Waals surface area contributed by atoms with Crippen molar-refractivity contribution in [2.75, 3.05) is 0 Å². The summed E-state index contributed by atoms with van der Waals surface area (Å²) in [5.74, 6) is 1.30. The summed E-state index contributed by atoms with van der Waals surface area (Å²) >= 11 is 0. The molecule has 2 rings (SSSR count). The molecule has 3 unspecified atom stereocenters. The van der Waals surface area contributed by atoms with E-state index in [0.29, 0.717) is 5.92 Å². The summed E-state index contributed by atoms with van der Waals surface area (Å²) in [6.45, 7) is 8.16. The summed E-state index contributed by atoms with van der Waals surface area (Å²) in [7, 11) is 0. The van der Waals surface area contributed by atoms with Crippen LogP contribution in [0.25, 0.3) is 0 Å². The molecule has 0 N–H and O–H groups in total. The molecule has 2 saturated carbocycles. The van der Waals surface area contributed by atoms with E-state index >= 15 is 0 Å². The molecule has 3 atom stereocenters. The Labute approximate surface area is 117 Å². The summed E-state index contributed by atoms with van der Waals surface area (Å²) in [6.07, 6.45) is 11.0. The molecule has 108 valence electrons. The van der Waals surface area contributed by atoms with Gasteiger partial charge in [-0.3, -0.25) is 4.79 Å². The van der Waals surface area contributed by atoms with E-state index in [1.54, 1.807) is 0 Å². The Morgan fingerprint density at radius 3 is 2.58 bits per heavy atom. The number of rotatable bonds is 5. The molecule has 2 aliphatic carbocycles. The first-order valence-corrected chi connectivity index (χ1v) is 7.84. The summed E-state index contributed by atoms with van der Waals surface area (Å²) in [4.78, 5) is 12.4. The lowest BCUT2D eigenvalue weighted by atomic mass is 9.82. The molecule has 2 heteroatoms. The van der Waals surface area contributed by atoms with Crippen LogP contribution in [0, 0.1) is 17.3 Å². The van der Waals surface area contributed by atoms with E-state index in [-0.39, 0.29) is 17.0 Å². The lowest BCUT2D eigenvalue weighted by Gasteiger charge is -2.37. The number of allylic oxidation sites excluding steroid dienone is 1. The molecule has 0 spiro atoms. The van der Waals surface area contributed by atoms with Gasteiger partial charge in [0.05, 0.1) is 5.41 Å². The average Bonchev–Trinajstić information content (AvgIpc) is 2.97. The van der Waals surface area contributed by atoms with E-state index in [4.69, 9.17) is 4.74 Å². The van der Waals surface area contributed by atoms with Crippen LogP contribution in [0.3, 0.4) is 0 Å². The smallest absolute Gasteiger partial charge is 0.312 e. The fraction of sp³-hybridized carbons (Fsp3) is 0.824. The van der Waals surface area contributed by atoms with Gasteiger partial charge >= 0.3 is 5.97 Å². The minimum atomic E-state index is -0.366. The van der Waals surface area contributed by atoms with Gasteiger partial charge in [0, 0.05) is 5.92 Å². The largest absolute Gasteiger partial charge is 0.454 e. The first-order valence-electron chi connectivity index (χ1n) is 7.84. The van der Waals surface area contributed by atoms with Gasteiger partial charge in [0.25, 0.3) is 0 Å². The molecular weight excluding hydrogens is 236 g/mol. The minimum absolute atomic E-state index is 0.0247. The zero-order chi connectivity index (χ0) is 14.1. The molecule has 2 fully saturated rings. The second kappa shape index (κ2) is 5.30. The van der Waals surface area contributed by atoms with Gasteiger partial charge in [0.1, 0.15) is 5.60 Å². The summed E-state index contributed by atoms with van der Waals surface area (Å²) in [6, 6.07) is 0. The third-order valence-electron chi connectivity index (χ3n) is 5.19. The van der Waals surface area contributed by atoms with Crippen molar-refractivity contribution in [1.82, 2.24) is 0 Å². The van der Waals surface area contributed by atoms with Crippen LogP contribution in [-0.4, -0.2) is 11.6 Å². The normalized spacial score (nSPS) is 34.1. The van der Waals surface area contributed by atoms with Gasteiger partial charge in [-0.05, 0) is 64.4 Å². The Kier molecular flexibility index (Phi) is 4.08. The van der Waals surface area contributed by atoms with Gasteiger partial charge in [-0.25, -0.2) is 0 Å². The van der Waals surface area contributed by atoms with E-state index in [9.17, 15) is 4.79 Å². The highest BCUT2D eigenvalue weighted by Gasteiger charge is 2.53. The van der Waals surface area contributed by atoms with Gasteiger partial charge in [-0.2, -0.15) is 0 Å². The molecule has 0 aromatic heterocycles. The predicted octanol–water partition coefficient (Wildman–Crippen LogP) is 4.49. The second-order valence-corrected chi connectivity index (χ2v) is 6.97. The predicted molar refractivity (Wildman–Crippen MR) is 77.8 cm³/mol. The Hall–Kier alpha value is -0.790. The van der Waals surface area contributed by atoms with Crippen molar-refractivity contribution in [3.05, 3.63) is 12.2 Å². The van der Waals surface area contributed by atoms with Gasteiger partial charge in [0.2, 0.25) is 0 Å². The average molecular weight is 264 g/mol. The van der Waals surface area contributed by atoms with Gasteiger partial charge < -0.3 is 4.74 Å². The van der Waals surface area contributed by atoms with Crippen LogP contribution in [-0.2, 0) is 9.53 Å². The van der Waals surface area contributed by atoms with E-state index in [0.717, 1.165) is 25.2 Å². The highest BCUT2D eigenvalue weighted by atomic mass is 16.6. The lowest BCUT2D eigenvalue weighted by Crippen LogP contribution is -2.42. The molecule has 0 amide bonds. The van der Waals surface area contributed by atoms with Crippen LogP contribution in [0.4, 0.5) is 0 Å². The zero-order valence-electron chi connectivity index (χ0n) is 12.9. The van der Waals surface area contributed by atoms with E-state index < -0.39 is 0 Å². The summed E-state index contributed by atoms with van der Waals surface area (Å²) in [5, 5.41) is 0. The monoisotopic (exact) mass is 264 g/mol. The minimum Gasteiger partial charge on any atom is -0.454 e. The van der Waals surface area contributed by atoms with Gasteiger partial charge in [-0.15, -0.1) is 0 Å². The fourth-order valence-corrected chi connectivity index (χ4v) is 3.46. The van der Waals surface area contributed by atoms with E-state index in [1.165, 1.54) is 19.3 Å². The Morgan fingerprint density at radius 1 is 1.37 bits per heavy atom. The molecule has 0 aromatic carbocycles. The van der Waals surface area contributed by atoms with Crippen LogP contribution in [0.15, 0.2) is 12.2 Å². The second-order valence-electron chi connectivity index (χ2n) is 6.97. The number of carbonyl (C=O) groups is 1. The molecule has 0 aromatic rings. The molecule has 0 heterocycles. The molecule has 2 bridgehead atoms. The zero-order valence-corrected chi connectivity index (χ0v) is 12.9. The summed E-state index contributed by atoms with van der Waals surface area (Å²) in [5.41, 5.74) is -0.655. The van der Waals surface area contributed by atoms with Crippen molar-refractivity contribution >= 4 is 5.97 Å². The van der Waals surface area contributed by atoms with Crippen LogP contribution in [0.2, 0.25) is 0 Å². The maximum absolute atomic E-state index is 12.4. The number of ether oxygens (including phenoxy) is 1. The number of fused-ring (bicyclic) bond motifs is 2. The number of esters is 1. The quantitative estimate of drug-likeness (QED) is 0.540. The summed E-state index contributed by atoms with van der Waals surface area (Å²) < 4.78 is 6.06. The molecule has 2 nitrogen and oxygen atoms in total. The van der Waals surface area contributed by atoms with Crippen molar-refractivity contribution in [3.63, 3.8) is 0 Å². The fourth-order valence-electron chi connectivity index (χ4n) is 3.46. The van der Waals surface area contributed by atoms with Crippen molar-refractivity contribution < 1.29 is 9.53 Å². The molecule has 0 radical (unpaired) electrons. The highest BCUT2D eigenvalue weighted by molar-refractivity contribution is 5.76. The lowest BCUT2D eigenvalue weighted by molar-refractivity contribution is -0.170. The standard InChI is InChI=1S/C17H28O2/c1-5-7-10-17(12-13-8-9-14(17)11-13)19-15(18)16(3,4)6-2/h7,10,13-14H,5-6,8-9,11-12H2,1-4H3/b10-7+. The Bertz CT molecular complexity index is 369. The third kappa shape index (κ3) is 2.73. The van der Waals surface area contributed by atoms with Crippen molar-refractivity contribution in [2.45, 2.75) is 71.8 Å². The maximum atomic E-state index is 12.4. The topological polar surface area (TPSA) is 26.3 Å². The molecule has 0 saturated heterocycles.